The smallest absolute Gasteiger partial charge is 0.229 e. The first-order chi connectivity index (χ1) is 20.0. The molecule has 0 saturated heterocycles. The van der Waals surface area contributed by atoms with E-state index in [1.807, 2.05) is 48.7 Å². The summed E-state index contributed by atoms with van der Waals surface area (Å²) < 4.78 is 0. The van der Waals surface area contributed by atoms with Crippen molar-refractivity contribution in [3.63, 3.8) is 0 Å². The quantitative estimate of drug-likeness (QED) is 0.178. The van der Waals surface area contributed by atoms with E-state index in [2.05, 4.69) is 26.7 Å². The number of aromatic nitrogens is 3. The zero-order valence-electron chi connectivity index (χ0n) is 22.8. The van der Waals surface area contributed by atoms with Gasteiger partial charge in [-0.15, -0.1) is 0 Å². The number of aryl methyl sites for hydroxylation is 1. The monoisotopic (exact) mass is 544 g/mol. The van der Waals surface area contributed by atoms with Gasteiger partial charge in [0.15, 0.2) is 0 Å². The molecule has 0 unspecified atom stereocenters. The first-order valence-corrected chi connectivity index (χ1v) is 14.2. The maximum Gasteiger partial charge on any atom is 0.229 e. The van der Waals surface area contributed by atoms with Crippen molar-refractivity contribution >= 4 is 34.7 Å². The van der Waals surface area contributed by atoms with Crippen LogP contribution in [0.5, 0.6) is 0 Å². The van der Waals surface area contributed by atoms with Gasteiger partial charge in [0.1, 0.15) is 11.6 Å². The average Bonchev–Trinajstić information content (AvgIpc) is 3.02. The first kappa shape index (κ1) is 26.5. The molecule has 2 aliphatic carbocycles. The van der Waals surface area contributed by atoms with Gasteiger partial charge in [0.2, 0.25) is 11.7 Å². The standard InChI is InChI=1S/C33H32N6O2/c34-30(31(41)23-4-2-1-3-5-23)22-6-10-26(11-7-22)37-32-29(21-14-16-35-17-15-21)20-36-33(39-32)38-27-12-8-25-19-28(40)13-9-24(25)18-27/h1-5,8,12,14-18,20,22,26,34H,6-7,9-11,13,19H2,(H2,36,37,38,39). The number of fused-ring (bicyclic) bond motifs is 1. The molecule has 0 bridgehead atoms. The van der Waals surface area contributed by atoms with Gasteiger partial charge in [-0.3, -0.25) is 14.6 Å². The van der Waals surface area contributed by atoms with Gasteiger partial charge in [-0.2, -0.15) is 4.98 Å². The second-order valence-corrected chi connectivity index (χ2v) is 10.8. The fourth-order valence-electron chi connectivity index (χ4n) is 5.76. The lowest BCUT2D eigenvalue weighted by Gasteiger charge is -2.30. The Morgan fingerprint density at radius 1 is 0.902 bits per heavy atom. The van der Waals surface area contributed by atoms with Crippen LogP contribution >= 0.6 is 0 Å². The molecular weight excluding hydrogens is 512 g/mol. The molecule has 3 N–H and O–H groups in total. The highest BCUT2D eigenvalue weighted by Crippen LogP contribution is 2.33. The third-order valence-corrected chi connectivity index (χ3v) is 8.06. The van der Waals surface area contributed by atoms with Crippen LogP contribution in [0.1, 0.15) is 53.6 Å². The summed E-state index contributed by atoms with van der Waals surface area (Å²) >= 11 is 0. The summed E-state index contributed by atoms with van der Waals surface area (Å²) in [6.07, 6.45) is 10.4. The lowest BCUT2D eigenvalue weighted by atomic mass is 9.81. The minimum atomic E-state index is -0.178. The molecule has 1 saturated carbocycles. The molecule has 2 aliphatic rings. The molecule has 8 heteroatoms. The molecule has 41 heavy (non-hydrogen) atoms. The molecule has 2 aromatic heterocycles. The van der Waals surface area contributed by atoms with Gasteiger partial charge in [0.25, 0.3) is 0 Å². The van der Waals surface area contributed by atoms with Crippen LogP contribution in [-0.2, 0) is 17.6 Å². The molecular formula is C33H32N6O2. The van der Waals surface area contributed by atoms with Crippen molar-refractivity contribution in [3.8, 4) is 11.1 Å². The van der Waals surface area contributed by atoms with Crippen molar-refractivity contribution < 1.29 is 9.59 Å². The molecule has 6 rings (SSSR count). The molecule has 1 fully saturated rings. The van der Waals surface area contributed by atoms with Crippen molar-refractivity contribution in [1.82, 2.24) is 15.0 Å². The van der Waals surface area contributed by atoms with Crippen molar-refractivity contribution in [2.75, 3.05) is 10.6 Å². The Labute approximate surface area is 239 Å². The lowest BCUT2D eigenvalue weighted by molar-refractivity contribution is -0.118. The van der Waals surface area contributed by atoms with E-state index in [1.54, 1.807) is 24.5 Å². The van der Waals surface area contributed by atoms with Gasteiger partial charge in [0, 0.05) is 60.2 Å². The average molecular weight is 545 g/mol. The van der Waals surface area contributed by atoms with Gasteiger partial charge >= 0.3 is 0 Å². The number of anilines is 3. The van der Waals surface area contributed by atoms with E-state index in [4.69, 9.17) is 10.4 Å². The van der Waals surface area contributed by atoms with E-state index >= 15 is 0 Å². The molecule has 4 aromatic rings. The molecule has 2 heterocycles. The fourth-order valence-corrected chi connectivity index (χ4v) is 5.76. The Morgan fingerprint density at radius 3 is 2.46 bits per heavy atom. The number of benzene rings is 2. The van der Waals surface area contributed by atoms with Crippen LogP contribution < -0.4 is 10.6 Å². The second kappa shape index (κ2) is 11.8. The Morgan fingerprint density at radius 2 is 1.68 bits per heavy atom. The first-order valence-electron chi connectivity index (χ1n) is 14.2. The Balaban J connectivity index is 1.17. The van der Waals surface area contributed by atoms with E-state index in [0.717, 1.165) is 60.3 Å². The van der Waals surface area contributed by atoms with E-state index in [-0.39, 0.29) is 29.2 Å². The third-order valence-electron chi connectivity index (χ3n) is 8.06. The third kappa shape index (κ3) is 6.06. The highest BCUT2D eigenvalue weighted by atomic mass is 16.1. The molecule has 2 aromatic carbocycles. The van der Waals surface area contributed by atoms with Crippen LogP contribution in [0.25, 0.3) is 11.1 Å². The van der Waals surface area contributed by atoms with Gasteiger partial charge in [-0.1, -0.05) is 36.4 Å². The van der Waals surface area contributed by atoms with E-state index < -0.39 is 0 Å². The number of Topliss-reactive ketones (excluding diaryl/α,β-unsaturated/α-hetero) is 2. The minimum Gasteiger partial charge on any atom is -0.367 e. The van der Waals surface area contributed by atoms with Crippen molar-refractivity contribution in [1.29, 1.82) is 5.41 Å². The summed E-state index contributed by atoms with van der Waals surface area (Å²) in [6, 6.07) is 19.2. The number of nitrogens with one attached hydrogen (secondary N) is 3. The molecule has 0 atom stereocenters. The minimum absolute atomic E-state index is 0.0395. The molecule has 0 aliphatic heterocycles. The zero-order chi connectivity index (χ0) is 28.2. The summed E-state index contributed by atoms with van der Waals surface area (Å²) in [6.45, 7) is 0. The van der Waals surface area contributed by atoms with E-state index in [1.165, 1.54) is 5.56 Å². The van der Waals surface area contributed by atoms with Crippen LogP contribution in [0.4, 0.5) is 17.5 Å². The number of pyridine rings is 1. The lowest BCUT2D eigenvalue weighted by Crippen LogP contribution is -2.32. The van der Waals surface area contributed by atoms with Gasteiger partial charge in [-0.05, 0) is 73.1 Å². The van der Waals surface area contributed by atoms with Gasteiger partial charge in [0.05, 0.1) is 5.71 Å². The van der Waals surface area contributed by atoms with Crippen molar-refractivity contribution in [2.45, 2.75) is 51.0 Å². The van der Waals surface area contributed by atoms with Crippen molar-refractivity contribution in [3.05, 3.63) is 95.9 Å². The fraction of sp³-hybridized carbons (Fsp3) is 0.273. The second-order valence-electron chi connectivity index (χ2n) is 10.8. The summed E-state index contributed by atoms with van der Waals surface area (Å²) in [5, 5.41) is 15.5. The number of hydrogen-bond donors (Lipinski definition) is 3. The highest BCUT2D eigenvalue weighted by Gasteiger charge is 2.28. The van der Waals surface area contributed by atoms with Crippen molar-refractivity contribution in [2.24, 2.45) is 5.92 Å². The molecule has 0 amide bonds. The largest absolute Gasteiger partial charge is 0.367 e. The summed E-state index contributed by atoms with van der Waals surface area (Å²) in [4.78, 5) is 38.3. The Kier molecular flexibility index (Phi) is 7.63. The SMILES string of the molecule is N=C(C(=O)c1ccccc1)C1CCC(Nc2nc(Nc3ccc4c(c3)CCC(=O)C4)ncc2-c2ccncc2)CC1. The van der Waals surface area contributed by atoms with Gasteiger partial charge < -0.3 is 16.0 Å². The number of carbonyl (C=O) groups is 2. The summed E-state index contributed by atoms with van der Waals surface area (Å²) in [7, 11) is 0. The number of rotatable bonds is 8. The molecule has 8 nitrogen and oxygen atoms in total. The predicted octanol–water partition coefficient (Wildman–Crippen LogP) is 6.21. The molecule has 0 radical (unpaired) electrons. The Hall–Kier alpha value is -4.72. The Bertz CT molecular complexity index is 1580. The number of hydrogen-bond acceptors (Lipinski definition) is 8. The zero-order valence-corrected chi connectivity index (χ0v) is 22.8. The molecule has 0 spiro atoms. The summed E-state index contributed by atoms with van der Waals surface area (Å²) in [5.41, 5.74) is 5.81. The highest BCUT2D eigenvalue weighted by molar-refractivity contribution is 6.45. The molecule has 206 valence electrons. The van der Waals surface area contributed by atoms with E-state index in [0.29, 0.717) is 24.4 Å². The van der Waals surface area contributed by atoms with Gasteiger partial charge in [-0.25, -0.2) is 4.98 Å². The van der Waals surface area contributed by atoms with Crippen LogP contribution in [0.3, 0.4) is 0 Å². The van der Waals surface area contributed by atoms with Crippen LogP contribution in [0.15, 0.2) is 79.3 Å². The number of nitrogens with zero attached hydrogens (tertiary/aromatic N) is 3. The summed E-state index contributed by atoms with van der Waals surface area (Å²) in [5.74, 6) is 1.29. The topological polar surface area (TPSA) is 121 Å². The number of ketones is 2. The van der Waals surface area contributed by atoms with Crippen LogP contribution in [0, 0.1) is 11.3 Å². The van der Waals surface area contributed by atoms with Crippen LogP contribution in [0.2, 0.25) is 0 Å². The normalized spacial score (nSPS) is 18.3. The predicted molar refractivity (Wildman–Crippen MR) is 160 cm³/mol. The maximum atomic E-state index is 12.8. The number of carbonyl (C=O) groups excluding carboxylic acids is 2. The van der Waals surface area contributed by atoms with Crippen LogP contribution in [-0.4, -0.2) is 38.3 Å². The maximum absolute atomic E-state index is 12.8. The van der Waals surface area contributed by atoms with E-state index in [9.17, 15) is 9.59 Å².